The molecule has 4 heteroatoms. The Morgan fingerprint density at radius 2 is 2.25 bits per heavy atom. The van der Waals surface area contributed by atoms with Crippen LogP contribution in [0.5, 0.6) is 5.75 Å². The normalized spacial score (nSPS) is 10.1. The van der Waals surface area contributed by atoms with E-state index in [9.17, 15) is 9.90 Å². The lowest BCUT2D eigenvalue weighted by Crippen LogP contribution is -2.12. The van der Waals surface area contributed by atoms with E-state index in [2.05, 4.69) is 5.32 Å². The van der Waals surface area contributed by atoms with Gasteiger partial charge in [-0.05, 0) is 25.5 Å². The maximum Gasteiger partial charge on any atom is 0.224 e. The van der Waals surface area contributed by atoms with E-state index in [1.165, 1.54) is 0 Å². The zero-order valence-electron chi connectivity index (χ0n) is 9.62. The fraction of sp³-hybridized carbons (Fsp3) is 0.417. The van der Waals surface area contributed by atoms with Crippen molar-refractivity contribution in [2.75, 3.05) is 19.0 Å². The third-order valence-electron chi connectivity index (χ3n) is 2.33. The molecule has 0 fully saturated rings. The van der Waals surface area contributed by atoms with Crippen LogP contribution in [0.4, 0.5) is 5.69 Å². The maximum atomic E-state index is 11.5. The van der Waals surface area contributed by atoms with Crippen molar-refractivity contribution in [2.24, 2.45) is 0 Å². The Balaban J connectivity index is 2.53. The van der Waals surface area contributed by atoms with Crippen molar-refractivity contribution in [1.29, 1.82) is 0 Å². The monoisotopic (exact) mass is 223 g/mol. The van der Waals surface area contributed by atoms with Gasteiger partial charge in [-0.2, -0.15) is 0 Å². The second-order valence-corrected chi connectivity index (χ2v) is 3.59. The Bertz CT molecular complexity index is 363. The molecule has 88 valence electrons. The maximum absolute atomic E-state index is 11.5. The molecule has 1 aromatic carbocycles. The summed E-state index contributed by atoms with van der Waals surface area (Å²) in [6.45, 7) is 2.34. The zero-order chi connectivity index (χ0) is 12.0. The zero-order valence-corrected chi connectivity index (χ0v) is 9.62. The Labute approximate surface area is 95.2 Å². The minimum Gasteiger partial charge on any atom is -0.508 e. The fourth-order valence-corrected chi connectivity index (χ4v) is 1.35. The van der Waals surface area contributed by atoms with Gasteiger partial charge in [-0.1, -0.05) is 6.07 Å². The highest BCUT2D eigenvalue weighted by Crippen LogP contribution is 2.23. The summed E-state index contributed by atoms with van der Waals surface area (Å²) < 4.78 is 4.87. The van der Waals surface area contributed by atoms with E-state index in [1.54, 1.807) is 32.2 Å². The molecule has 0 aliphatic carbocycles. The number of hydrogen-bond acceptors (Lipinski definition) is 3. The number of aromatic hydroxyl groups is 1. The molecule has 4 nitrogen and oxygen atoms in total. The van der Waals surface area contributed by atoms with Gasteiger partial charge in [0.05, 0.1) is 0 Å². The highest BCUT2D eigenvalue weighted by Gasteiger charge is 2.06. The molecule has 0 saturated heterocycles. The summed E-state index contributed by atoms with van der Waals surface area (Å²) in [5.74, 6) is 0.125. The Kier molecular flexibility index (Phi) is 4.79. The van der Waals surface area contributed by atoms with Crippen LogP contribution in [0.3, 0.4) is 0 Å². The van der Waals surface area contributed by atoms with Gasteiger partial charge in [0, 0.05) is 31.4 Å². The summed E-state index contributed by atoms with van der Waals surface area (Å²) in [4.78, 5) is 11.5. The number of rotatable bonds is 5. The topological polar surface area (TPSA) is 58.6 Å². The number of hydrogen-bond donors (Lipinski definition) is 2. The van der Waals surface area contributed by atoms with Crippen LogP contribution in [0.2, 0.25) is 0 Å². The molecule has 0 aromatic heterocycles. The average molecular weight is 223 g/mol. The quantitative estimate of drug-likeness (QED) is 0.751. The van der Waals surface area contributed by atoms with E-state index < -0.39 is 0 Å². The smallest absolute Gasteiger partial charge is 0.224 e. The van der Waals surface area contributed by atoms with E-state index in [0.717, 1.165) is 0 Å². The molecule has 0 bridgehead atoms. The van der Waals surface area contributed by atoms with Gasteiger partial charge in [-0.15, -0.1) is 0 Å². The van der Waals surface area contributed by atoms with Crippen LogP contribution in [-0.2, 0) is 9.53 Å². The SMILES string of the molecule is COCCCC(=O)Nc1cccc(O)c1C. The Morgan fingerprint density at radius 3 is 2.94 bits per heavy atom. The fourth-order valence-electron chi connectivity index (χ4n) is 1.35. The molecule has 0 unspecified atom stereocenters. The minimum absolute atomic E-state index is 0.0641. The molecule has 0 aliphatic heterocycles. The lowest BCUT2D eigenvalue weighted by molar-refractivity contribution is -0.116. The number of amides is 1. The number of phenols is 1. The first kappa shape index (κ1) is 12.5. The molecular weight excluding hydrogens is 206 g/mol. The van der Waals surface area contributed by atoms with Gasteiger partial charge in [0.1, 0.15) is 5.75 Å². The van der Waals surface area contributed by atoms with Crippen LogP contribution in [0, 0.1) is 6.92 Å². The van der Waals surface area contributed by atoms with Crippen LogP contribution in [0.15, 0.2) is 18.2 Å². The number of nitrogens with one attached hydrogen (secondary N) is 1. The number of phenolic OH excluding ortho intramolecular Hbond substituents is 1. The molecule has 16 heavy (non-hydrogen) atoms. The second-order valence-electron chi connectivity index (χ2n) is 3.59. The second kappa shape index (κ2) is 6.12. The van der Waals surface area contributed by atoms with Crippen LogP contribution in [0.25, 0.3) is 0 Å². The molecule has 1 aromatic rings. The molecule has 0 spiro atoms. The number of carbonyl (C=O) groups excluding carboxylic acids is 1. The molecular formula is C12H17NO3. The van der Waals surface area contributed by atoms with Crippen molar-refractivity contribution in [3.8, 4) is 5.75 Å². The molecule has 1 amide bonds. The first-order valence-electron chi connectivity index (χ1n) is 5.22. The highest BCUT2D eigenvalue weighted by molar-refractivity contribution is 5.91. The summed E-state index contributed by atoms with van der Waals surface area (Å²) in [7, 11) is 1.61. The van der Waals surface area contributed by atoms with Gasteiger partial charge in [0.15, 0.2) is 0 Å². The molecule has 1 rings (SSSR count). The van der Waals surface area contributed by atoms with Crippen LogP contribution >= 0.6 is 0 Å². The summed E-state index contributed by atoms with van der Waals surface area (Å²) in [6.07, 6.45) is 1.11. The standard InChI is InChI=1S/C12H17NO3/c1-9-10(5-3-6-11(9)14)13-12(15)7-4-8-16-2/h3,5-6,14H,4,7-8H2,1-2H3,(H,13,15). The summed E-state index contributed by atoms with van der Waals surface area (Å²) in [6, 6.07) is 5.06. The van der Waals surface area contributed by atoms with Crippen molar-refractivity contribution in [3.63, 3.8) is 0 Å². The van der Waals surface area contributed by atoms with E-state index in [1.807, 2.05) is 0 Å². The number of benzene rings is 1. The molecule has 0 saturated carbocycles. The summed E-state index contributed by atoms with van der Waals surface area (Å²) >= 11 is 0. The van der Waals surface area contributed by atoms with Gasteiger partial charge >= 0.3 is 0 Å². The molecule has 0 heterocycles. The average Bonchev–Trinajstić information content (AvgIpc) is 2.25. The predicted molar refractivity (Wildman–Crippen MR) is 62.6 cm³/mol. The van der Waals surface area contributed by atoms with Gasteiger partial charge < -0.3 is 15.2 Å². The van der Waals surface area contributed by atoms with E-state index in [0.29, 0.717) is 30.7 Å². The number of carbonyl (C=O) groups is 1. The minimum atomic E-state index is -0.0641. The number of anilines is 1. The molecule has 0 radical (unpaired) electrons. The first-order valence-corrected chi connectivity index (χ1v) is 5.22. The number of ether oxygens (including phenoxy) is 1. The number of methoxy groups -OCH3 is 1. The van der Waals surface area contributed by atoms with Crippen molar-refractivity contribution in [1.82, 2.24) is 0 Å². The molecule has 2 N–H and O–H groups in total. The van der Waals surface area contributed by atoms with Crippen LogP contribution < -0.4 is 5.32 Å². The van der Waals surface area contributed by atoms with Crippen molar-refractivity contribution in [3.05, 3.63) is 23.8 Å². The van der Waals surface area contributed by atoms with Crippen molar-refractivity contribution < 1.29 is 14.6 Å². The third-order valence-corrected chi connectivity index (χ3v) is 2.33. The molecule has 0 aliphatic rings. The van der Waals surface area contributed by atoms with Crippen LogP contribution in [0.1, 0.15) is 18.4 Å². The summed E-state index contributed by atoms with van der Waals surface area (Å²) in [5.41, 5.74) is 1.34. The molecule has 0 atom stereocenters. The van der Waals surface area contributed by atoms with E-state index in [-0.39, 0.29) is 11.7 Å². The van der Waals surface area contributed by atoms with Gasteiger partial charge in [0.25, 0.3) is 0 Å². The Morgan fingerprint density at radius 1 is 1.50 bits per heavy atom. The van der Waals surface area contributed by atoms with Gasteiger partial charge in [-0.3, -0.25) is 4.79 Å². The largest absolute Gasteiger partial charge is 0.508 e. The van der Waals surface area contributed by atoms with Crippen molar-refractivity contribution >= 4 is 11.6 Å². The lowest BCUT2D eigenvalue weighted by Gasteiger charge is -2.09. The van der Waals surface area contributed by atoms with E-state index in [4.69, 9.17) is 4.74 Å². The van der Waals surface area contributed by atoms with Crippen molar-refractivity contribution in [2.45, 2.75) is 19.8 Å². The lowest BCUT2D eigenvalue weighted by atomic mass is 10.1. The third kappa shape index (κ3) is 3.55. The first-order chi connectivity index (χ1) is 7.65. The Hall–Kier alpha value is -1.55. The summed E-state index contributed by atoms with van der Waals surface area (Å²) in [5, 5.41) is 12.2. The van der Waals surface area contributed by atoms with Crippen LogP contribution in [-0.4, -0.2) is 24.7 Å². The predicted octanol–water partition coefficient (Wildman–Crippen LogP) is 2.07. The highest BCUT2D eigenvalue weighted by atomic mass is 16.5. The van der Waals surface area contributed by atoms with Gasteiger partial charge in [0.2, 0.25) is 5.91 Å². The van der Waals surface area contributed by atoms with E-state index >= 15 is 0 Å². The van der Waals surface area contributed by atoms with Gasteiger partial charge in [-0.25, -0.2) is 0 Å².